The van der Waals surface area contributed by atoms with Crippen LogP contribution < -0.4 is 44.2 Å². The molecule has 0 saturated carbocycles. The molecule has 0 aliphatic heterocycles. The van der Waals surface area contributed by atoms with Crippen LogP contribution in [-0.4, -0.2) is 67.7 Å². The van der Waals surface area contributed by atoms with E-state index in [0.29, 0.717) is 39.3 Å². The summed E-state index contributed by atoms with van der Waals surface area (Å²) in [5, 5.41) is 0. The molecular formula is C10H36N6NiO8P2. The van der Waals surface area contributed by atoms with E-state index in [2.05, 4.69) is 18.1 Å². The molecule has 0 aromatic heterocycles. The van der Waals surface area contributed by atoms with Gasteiger partial charge in [-0.15, -0.1) is 0 Å². The van der Waals surface area contributed by atoms with Gasteiger partial charge < -0.3 is 62.3 Å². The van der Waals surface area contributed by atoms with Crippen LogP contribution in [0.2, 0.25) is 0 Å². The van der Waals surface area contributed by atoms with Crippen LogP contribution in [0.25, 0.3) is 0 Å². The second-order valence-electron chi connectivity index (χ2n) is 3.36. The van der Waals surface area contributed by atoms with Gasteiger partial charge in [-0.25, -0.2) is 0 Å². The summed E-state index contributed by atoms with van der Waals surface area (Å²) in [6.07, 6.45) is 0. The third-order valence-corrected chi connectivity index (χ3v) is 3.18. The summed E-state index contributed by atoms with van der Waals surface area (Å²) < 4.78 is 35.4. The summed E-state index contributed by atoms with van der Waals surface area (Å²) in [7, 11) is -3.65. The summed E-state index contributed by atoms with van der Waals surface area (Å²) in [6, 6.07) is 0. The molecule has 0 saturated heterocycles. The summed E-state index contributed by atoms with van der Waals surface area (Å²) in [6.45, 7) is 3.58. The molecule has 0 heterocycles. The Labute approximate surface area is 171 Å². The predicted molar refractivity (Wildman–Crippen MR) is 97.6 cm³/mol. The Morgan fingerprint density at radius 2 is 0.667 bits per heavy atom. The molecule has 0 aliphatic rings. The van der Waals surface area contributed by atoms with E-state index < -0.39 is 15.6 Å². The smallest absolute Gasteiger partial charge is 0.756 e. The van der Waals surface area contributed by atoms with E-state index in [0.717, 1.165) is 28.4 Å². The monoisotopic (exact) mass is 488 g/mol. The molecule has 0 amide bonds. The van der Waals surface area contributed by atoms with Crippen molar-refractivity contribution in [2.24, 2.45) is 34.4 Å². The van der Waals surface area contributed by atoms with Crippen LogP contribution in [0, 0.1) is 0 Å². The first-order valence-corrected chi connectivity index (χ1v) is 9.96. The fourth-order valence-corrected chi connectivity index (χ4v) is 0.447. The number of nitrogens with two attached hydrogens (primary N) is 6. The number of hydrogen-bond donors (Lipinski definition) is 6. The SMILES string of the molecule is COP(=O)([O-])OC.COP(=O)([O-])OC.NCCN.NCCN.NCCN.[Ni+2]. The summed E-state index contributed by atoms with van der Waals surface area (Å²) in [5.74, 6) is 0. The molecule has 0 rings (SSSR count). The molecule has 0 atom stereocenters. The first kappa shape index (κ1) is 41.8. The zero-order valence-electron chi connectivity index (χ0n) is 16.2. The molecule has 27 heavy (non-hydrogen) atoms. The Morgan fingerprint density at radius 3 is 0.667 bits per heavy atom. The van der Waals surface area contributed by atoms with Gasteiger partial charge in [0.15, 0.2) is 0 Å². The summed E-state index contributed by atoms with van der Waals surface area (Å²) in [5.41, 5.74) is 29.4. The molecule has 0 unspecified atom stereocenters. The fraction of sp³-hybridized carbons (Fsp3) is 1.00. The number of hydrogen-bond acceptors (Lipinski definition) is 14. The second kappa shape index (κ2) is 34.0. The molecule has 17 heteroatoms. The van der Waals surface area contributed by atoms with Crippen LogP contribution in [0.3, 0.4) is 0 Å². The topological polar surface area (TPSA) is 273 Å². The van der Waals surface area contributed by atoms with Crippen molar-refractivity contribution in [2.75, 3.05) is 67.7 Å². The largest absolute Gasteiger partial charge is 2.00 e. The Balaban J connectivity index is -0.0000000520. The Bertz CT molecular complexity index is 281. The van der Waals surface area contributed by atoms with E-state index >= 15 is 0 Å². The fourth-order valence-electron chi connectivity index (χ4n) is 0.149. The minimum atomic E-state index is -3.90. The van der Waals surface area contributed by atoms with Crippen LogP contribution in [0.5, 0.6) is 0 Å². The number of phosphoric ester groups is 2. The molecule has 174 valence electrons. The standard InChI is InChI=1S/3C2H8N2.2C2H7O4P.Ni/c3*3-1-2-4;2*1-5-7(3,4)6-2;/h3*1-4H2;2*1-2H3,(H,3,4);/q;;;;;+2/p-2. The van der Waals surface area contributed by atoms with E-state index in [-0.39, 0.29) is 16.5 Å². The maximum atomic E-state index is 9.95. The van der Waals surface area contributed by atoms with E-state index in [1.54, 1.807) is 0 Å². The maximum Gasteiger partial charge on any atom is 2.00 e. The summed E-state index contributed by atoms with van der Waals surface area (Å²) in [4.78, 5) is 19.9. The minimum Gasteiger partial charge on any atom is -0.756 e. The van der Waals surface area contributed by atoms with Crippen molar-refractivity contribution in [2.45, 2.75) is 0 Å². The van der Waals surface area contributed by atoms with Crippen LogP contribution in [0.1, 0.15) is 0 Å². The summed E-state index contributed by atoms with van der Waals surface area (Å²) >= 11 is 0. The molecule has 0 bridgehead atoms. The van der Waals surface area contributed by atoms with E-state index in [1.807, 2.05) is 0 Å². The average molecular weight is 489 g/mol. The molecule has 0 aliphatic carbocycles. The van der Waals surface area contributed by atoms with Gasteiger partial charge in [0.1, 0.15) is 0 Å². The van der Waals surface area contributed by atoms with Gasteiger partial charge in [-0.3, -0.25) is 9.13 Å². The van der Waals surface area contributed by atoms with E-state index in [4.69, 9.17) is 34.4 Å². The zero-order chi connectivity index (χ0) is 22.1. The van der Waals surface area contributed by atoms with Gasteiger partial charge in [-0.05, 0) is 0 Å². The third-order valence-electron chi connectivity index (χ3n) is 1.39. The first-order valence-electron chi connectivity index (χ1n) is 7.04. The number of rotatable bonds is 7. The molecular weight excluding hydrogens is 453 g/mol. The van der Waals surface area contributed by atoms with Crippen molar-refractivity contribution in [1.29, 1.82) is 0 Å². The molecule has 0 aromatic carbocycles. The molecule has 0 fully saturated rings. The minimum absolute atomic E-state index is 0. The predicted octanol–water partition coefficient (Wildman–Crippen LogP) is -3.80. The van der Waals surface area contributed by atoms with Crippen molar-refractivity contribution in [3.8, 4) is 0 Å². The van der Waals surface area contributed by atoms with E-state index in [1.165, 1.54) is 0 Å². The normalized spacial score (nSPS) is 9.48. The van der Waals surface area contributed by atoms with Gasteiger partial charge in [0.2, 0.25) is 0 Å². The van der Waals surface area contributed by atoms with Gasteiger partial charge in [0.25, 0.3) is 15.6 Å². The van der Waals surface area contributed by atoms with Gasteiger partial charge >= 0.3 is 16.5 Å². The molecule has 0 aromatic rings. The van der Waals surface area contributed by atoms with Crippen molar-refractivity contribution in [1.82, 2.24) is 0 Å². The molecule has 0 spiro atoms. The van der Waals surface area contributed by atoms with Crippen molar-refractivity contribution >= 4 is 15.6 Å². The molecule has 14 nitrogen and oxygen atoms in total. The Hall–Kier alpha value is 0.474. The van der Waals surface area contributed by atoms with Gasteiger partial charge in [0, 0.05) is 67.7 Å². The second-order valence-corrected chi connectivity index (χ2v) is 6.61. The quantitative estimate of drug-likeness (QED) is 0.148. The zero-order valence-corrected chi connectivity index (χ0v) is 19.0. The van der Waals surface area contributed by atoms with Crippen molar-refractivity contribution in [3.05, 3.63) is 0 Å². The van der Waals surface area contributed by atoms with Crippen LogP contribution in [0.4, 0.5) is 0 Å². The third kappa shape index (κ3) is 66.2. The van der Waals surface area contributed by atoms with Crippen LogP contribution >= 0.6 is 15.6 Å². The van der Waals surface area contributed by atoms with Crippen molar-refractivity contribution in [3.63, 3.8) is 0 Å². The van der Waals surface area contributed by atoms with Crippen LogP contribution in [-0.2, 0) is 43.7 Å². The molecule has 12 N–H and O–H groups in total. The average Bonchev–Trinajstić information content (AvgIpc) is 2.68. The van der Waals surface area contributed by atoms with Gasteiger partial charge in [-0.2, -0.15) is 0 Å². The van der Waals surface area contributed by atoms with E-state index in [9.17, 15) is 18.9 Å². The number of phosphoric acid groups is 2. The van der Waals surface area contributed by atoms with Gasteiger partial charge in [-0.1, -0.05) is 0 Å². The Kier molecular flexibility index (Phi) is 52.6. The van der Waals surface area contributed by atoms with Crippen LogP contribution in [0.15, 0.2) is 0 Å². The first-order chi connectivity index (χ1) is 12.0. The Morgan fingerprint density at radius 1 is 0.556 bits per heavy atom. The maximum absolute atomic E-state index is 9.95. The van der Waals surface area contributed by atoms with Gasteiger partial charge in [0.05, 0.1) is 0 Å². The molecule has 0 radical (unpaired) electrons. The van der Waals surface area contributed by atoms with Crippen molar-refractivity contribution < 1.29 is 53.5 Å².